The predicted molar refractivity (Wildman–Crippen MR) is 163 cm³/mol. The molecule has 2 unspecified atom stereocenters. The van der Waals surface area contributed by atoms with Crippen LogP contribution in [0.3, 0.4) is 0 Å². The quantitative estimate of drug-likeness (QED) is 0.0971. The molecular formula is C30H54N4O6S. The first kappa shape index (κ1) is 36.9. The number of nitrogens with one attached hydrogen (secondary N) is 2. The van der Waals surface area contributed by atoms with Crippen molar-refractivity contribution >= 4 is 30.1 Å². The Balaban J connectivity index is 2.75. The Morgan fingerprint density at radius 1 is 1.07 bits per heavy atom. The number of thiazole rings is 1. The lowest BCUT2D eigenvalue weighted by molar-refractivity contribution is -0.111. The minimum atomic E-state index is -0.562. The van der Waals surface area contributed by atoms with Gasteiger partial charge < -0.3 is 29.7 Å². The van der Waals surface area contributed by atoms with Gasteiger partial charge in [-0.3, -0.25) is 9.59 Å². The fourth-order valence-electron chi connectivity index (χ4n) is 4.44. The number of amides is 2. The van der Waals surface area contributed by atoms with E-state index in [9.17, 15) is 14.4 Å². The largest absolute Gasteiger partial charge is 0.439 e. The van der Waals surface area contributed by atoms with Crippen molar-refractivity contribution in [2.24, 2.45) is 16.7 Å². The van der Waals surface area contributed by atoms with E-state index in [1.165, 1.54) is 30.6 Å². The first-order valence-electron chi connectivity index (χ1n) is 14.7. The molecule has 1 heterocycles. The molecule has 0 aliphatic carbocycles. The summed E-state index contributed by atoms with van der Waals surface area (Å²) in [5, 5.41) is 7.70. The number of carbonyl (C=O) groups excluding carboxylic acids is 3. The number of ether oxygens (including phenoxy) is 3. The van der Waals surface area contributed by atoms with Crippen LogP contribution < -0.4 is 10.6 Å². The van der Waals surface area contributed by atoms with E-state index in [4.69, 9.17) is 14.2 Å². The van der Waals surface area contributed by atoms with Crippen LogP contribution in [0.5, 0.6) is 0 Å². The van der Waals surface area contributed by atoms with Gasteiger partial charge in [0.25, 0.3) is 0 Å². The van der Waals surface area contributed by atoms with E-state index in [1.54, 1.807) is 5.38 Å². The summed E-state index contributed by atoms with van der Waals surface area (Å²) in [6.07, 6.45) is 5.58. The van der Waals surface area contributed by atoms with E-state index < -0.39 is 12.2 Å². The molecule has 11 heteroatoms. The Morgan fingerprint density at radius 3 is 2.37 bits per heavy atom. The highest BCUT2D eigenvalue weighted by Crippen LogP contribution is 2.30. The molecule has 1 rings (SSSR count). The molecule has 0 spiro atoms. The molecule has 41 heavy (non-hydrogen) atoms. The summed E-state index contributed by atoms with van der Waals surface area (Å²) in [5.74, 6) is 0.345. The first-order chi connectivity index (χ1) is 19.3. The lowest BCUT2D eigenvalue weighted by atomic mass is 9.93. The fourth-order valence-corrected chi connectivity index (χ4v) is 5.24. The van der Waals surface area contributed by atoms with Gasteiger partial charge in [-0.15, -0.1) is 11.3 Å². The third-order valence-electron chi connectivity index (χ3n) is 6.80. The van der Waals surface area contributed by atoms with E-state index in [-0.39, 0.29) is 23.6 Å². The molecule has 0 fully saturated rings. The number of hydrogen-bond donors (Lipinski definition) is 2. The van der Waals surface area contributed by atoms with Gasteiger partial charge in [-0.1, -0.05) is 67.7 Å². The molecule has 0 saturated heterocycles. The SMILES string of the molecule is CCCCCCN(C)C(CC(OC(=O)NCC(C)(C)COCC(C)(C)COCNC=O)c1nc(C=O)cs1)C(C)C. The molecule has 10 nitrogen and oxygen atoms in total. The van der Waals surface area contributed by atoms with E-state index in [2.05, 4.69) is 48.3 Å². The molecule has 236 valence electrons. The van der Waals surface area contributed by atoms with Crippen molar-refractivity contribution in [3.63, 3.8) is 0 Å². The van der Waals surface area contributed by atoms with Crippen LogP contribution in [0.1, 0.15) is 102 Å². The summed E-state index contributed by atoms with van der Waals surface area (Å²) >= 11 is 1.34. The highest BCUT2D eigenvalue weighted by molar-refractivity contribution is 7.09. The van der Waals surface area contributed by atoms with Crippen molar-refractivity contribution in [3.8, 4) is 0 Å². The lowest BCUT2D eigenvalue weighted by Gasteiger charge is -2.33. The summed E-state index contributed by atoms with van der Waals surface area (Å²) in [6, 6.07) is 0.185. The zero-order valence-electron chi connectivity index (χ0n) is 26.5. The van der Waals surface area contributed by atoms with Gasteiger partial charge in [-0.05, 0) is 25.9 Å². The average molecular weight is 599 g/mol. The van der Waals surface area contributed by atoms with Gasteiger partial charge in [0.05, 0.1) is 19.8 Å². The number of alkyl carbamates (subject to hydrolysis) is 1. The maximum atomic E-state index is 13.0. The van der Waals surface area contributed by atoms with Crippen molar-refractivity contribution < 1.29 is 28.6 Å². The molecule has 0 saturated carbocycles. The summed E-state index contributed by atoms with van der Waals surface area (Å²) in [6.45, 7) is 17.5. The van der Waals surface area contributed by atoms with E-state index in [0.717, 1.165) is 19.3 Å². The highest BCUT2D eigenvalue weighted by Gasteiger charge is 2.30. The number of aldehydes is 1. The van der Waals surface area contributed by atoms with Crippen molar-refractivity contribution in [1.82, 2.24) is 20.5 Å². The molecule has 0 aliphatic heterocycles. The minimum Gasteiger partial charge on any atom is -0.439 e. The number of nitrogens with zero attached hydrogens (tertiary/aromatic N) is 2. The maximum absolute atomic E-state index is 13.0. The first-order valence-corrected chi connectivity index (χ1v) is 15.6. The van der Waals surface area contributed by atoms with Crippen LogP contribution in [-0.4, -0.2) is 81.4 Å². The molecule has 2 amide bonds. The van der Waals surface area contributed by atoms with Crippen molar-refractivity contribution in [3.05, 3.63) is 16.1 Å². The zero-order chi connectivity index (χ0) is 30.9. The summed E-state index contributed by atoms with van der Waals surface area (Å²) in [5.41, 5.74) is -0.223. The van der Waals surface area contributed by atoms with Crippen LogP contribution >= 0.6 is 11.3 Å². The van der Waals surface area contributed by atoms with Gasteiger partial charge in [-0.2, -0.15) is 0 Å². The third-order valence-corrected chi connectivity index (χ3v) is 7.75. The molecular weight excluding hydrogens is 544 g/mol. The Morgan fingerprint density at radius 2 is 1.76 bits per heavy atom. The molecule has 1 aromatic heterocycles. The molecule has 0 aliphatic rings. The van der Waals surface area contributed by atoms with Crippen LogP contribution in [0.4, 0.5) is 4.79 Å². The molecule has 1 aromatic rings. The van der Waals surface area contributed by atoms with Gasteiger partial charge in [-0.25, -0.2) is 9.78 Å². The summed E-state index contributed by atoms with van der Waals surface area (Å²) in [7, 11) is 2.13. The van der Waals surface area contributed by atoms with Crippen LogP contribution in [0, 0.1) is 16.7 Å². The van der Waals surface area contributed by atoms with Crippen LogP contribution in [0.15, 0.2) is 5.38 Å². The number of hydrogen-bond acceptors (Lipinski definition) is 9. The fraction of sp³-hybridized carbons (Fsp3) is 0.800. The minimum absolute atomic E-state index is 0.163. The van der Waals surface area contributed by atoms with Gasteiger partial charge >= 0.3 is 6.09 Å². The van der Waals surface area contributed by atoms with E-state index in [1.807, 2.05) is 27.7 Å². The Labute approximate surface area is 251 Å². The van der Waals surface area contributed by atoms with Crippen molar-refractivity contribution in [2.45, 2.75) is 92.7 Å². The normalized spacial score (nSPS) is 13.7. The molecule has 0 aromatic carbocycles. The number of unbranched alkanes of at least 4 members (excludes halogenated alkanes) is 3. The van der Waals surface area contributed by atoms with Gasteiger partial charge in [0, 0.05) is 35.2 Å². The van der Waals surface area contributed by atoms with E-state index in [0.29, 0.717) is 55.8 Å². The topological polar surface area (TPSA) is 119 Å². The molecule has 0 radical (unpaired) electrons. The van der Waals surface area contributed by atoms with Crippen molar-refractivity contribution in [1.29, 1.82) is 0 Å². The second-order valence-corrected chi connectivity index (χ2v) is 13.6. The smallest absolute Gasteiger partial charge is 0.407 e. The van der Waals surface area contributed by atoms with Crippen molar-refractivity contribution in [2.75, 3.05) is 46.7 Å². The Hall–Kier alpha value is -2.08. The Kier molecular flexibility index (Phi) is 17.3. The van der Waals surface area contributed by atoms with Crippen LogP contribution in [0.2, 0.25) is 0 Å². The third kappa shape index (κ3) is 15.6. The predicted octanol–water partition coefficient (Wildman–Crippen LogP) is 5.44. The lowest BCUT2D eigenvalue weighted by Crippen LogP contribution is -2.40. The van der Waals surface area contributed by atoms with Crippen LogP contribution in [0.25, 0.3) is 0 Å². The van der Waals surface area contributed by atoms with Gasteiger partial charge in [0.1, 0.15) is 17.4 Å². The second-order valence-electron chi connectivity index (χ2n) is 12.7. The molecule has 0 bridgehead atoms. The number of rotatable bonds is 23. The summed E-state index contributed by atoms with van der Waals surface area (Å²) in [4.78, 5) is 41.4. The van der Waals surface area contributed by atoms with Gasteiger partial charge in [0.15, 0.2) is 12.4 Å². The highest BCUT2D eigenvalue weighted by atomic mass is 32.1. The summed E-state index contributed by atoms with van der Waals surface area (Å²) < 4.78 is 17.4. The zero-order valence-corrected chi connectivity index (χ0v) is 27.3. The second kappa shape index (κ2) is 19.2. The Bertz CT molecular complexity index is 892. The molecule has 2 N–H and O–H groups in total. The monoisotopic (exact) mass is 598 g/mol. The molecule has 2 atom stereocenters. The number of carbonyl (C=O) groups is 3. The van der Waals surface area contributed by atoms with Gasteiger partial charge in [0.2, 0.25) is 6.41 Å². The standard InChI is InChI=1S/C30H54N4O6S/c1-9-10-11-12-13-34(8)25(23(2)3)14-26(27-33-24(15-35)16-41-27)40-28(37)32-17-29(4,5)18-38-19-30(6,7)20-39-22-31-21-36/h15-16,21,23,25-26H,9-14,17-20,22H2,1-8H3,(H,31,36)(H,32,37). The number of aromatic nitrogens is 1. The average Bonchev–Trinajstić information content (AvgIpc) is 3.39. The van der Waals surface area contributed by atoms with E-state index >= 15 is 0 Å². The van der Waals surface area contributed by atoms with Crippen LogP contribution in [-0.2, 0) is 19.0 Å². The maximum Gasteiger partial charge on any atom is 0.407 e.